The fourth-order valence-corrected chi connectivity index (χ4v) is 2.77. The highest BCUT2D eigenvalue weighted by Crippen LogP contribution is 2.29. The molecule has 0 atom stereocenters. The smallest absolute Gasteiger partial charge is 0.247 e. The van der Waals surface area contributed by atoms with E-state index in [0.29, 0.717) is 17.6 Å². The number of benzene rings is 2. The number of carbonyl (C=O) groups is 1. The number of amides is 1. The van der Waals surface area contributed by atoms with E-state index in [4.69, 9.17) is 16.3 Å². The SMILES string of the molecule is COc1ccc(CN(C(=O)/C=C/c2ccccc2Cl)C2CC2)cc1. The molecule has 4 heteroatoms. The van der Waals surface area contributed by atoms with Gasteiger partial charge in [-0.15, -0.1) is 0 Å². The van der Waals surface area contributed by atoms with Crippen LogP contribution in [0.1, 0.15) is 24.0 Å². The van der Waals surface area contributed by atoms with Crippen molar-refractivity contribution in [2.24, 2.45) is 0 Å². The summed E-state index contributed by atoms with van der Waals surface area (Å²) in [4.78, 5) is 14.5. The molecule has 0 bridgehead atoms. The van der Waals surface area contributed by atoms with Crippen LogP contribution in [0.15, 0.2) is 54.6 Å². The predicted molar refractivity (Wildman–Crippen MR) is 97.1 cm³/mol. The van der Waals surface area contributed by atoms with E-state index < -0.39 is 0 Å². The van der Waals surface area contributed by atoms with E-state index in [0.717, 1.165) is 29.7 Å². The Morgan fingerprint density at radius 3 is 2.54 bits per heavy atom. The minimum absolute atomic E-state index is 0.0215. The molecule has 1 aliphatic rings. The van der Waals surface area contributed by atoms with E-state index in [-0.39, 0.29) is 5.91 Å². The van der Waals surface area contributed by atoms with Gasteiger partial charge in [-0.2, -0.15) is 0 Å². The van der Waals surface area contributed by atoms with Crippen molar-refractivity contribution in [1.29, 1.82) is 0 Å². The summed E-state index contributed by atoms with van der Waals surface area (Å²) in [6, 6.07) is 15.7. The van der Waals surface area contributed by atoms with Crippen molar-refractivity contribution in [3.63, 3.8) is 0 Å². The number of halogens is 1. The zero-order valence-corrected chi connectivity index (χ0v) is 14.4. The van der Waals surface area contributed by atoms with Crippen LogP contribution in [-0.2, 0) is 11.3 Å². The van der Waals surface area contributed by atoms with E-state index in [9.17, 15) is 4.79 Å². The van der Waals surface area contributed by atoms with Gasteiger partial charge in [-0.3, -0.25) is 4.79 Å². The molecule has 1 aliphatic carbocycles. The van der Waals surface area contributed by atoms with Gasteiger partial charge in [0.15, 0.2) is 0 Å². The molecule has 0 saturated heterocycles. The minimum Gasteiger partial charge on any atom is -0.497 e. The second kappa shape index (κ2) is 7.54. The van der Waals surface area contributed by atoms with Gasteiger partial charge in [0.1, 0.15) is 5.75 Å². The average molecular weight is 342 g/mol. The molecular formula is C20H20ClNO2. The summed E-state index contributed by atoms with van der Waals surface area (Å²) in [5.41, 5.74) is 1.95. The van der Waals surface area contributed by atoms with Crippen LogP contribution >= 0.6 is 11.6 Å². The van der Waals surface area contributed by atoms with Gasteiger partial charge in [-0.25, -0.2) is 0 Å². The Kier molecular flexibility index (Phi) is 5.21. The predicted octanol–water partition coefficient (Wildman–Crippen LogP) is 4.55. The van der Waals surface area contributed by atoms with Gasteiger partial charge in [0.2, 0.25) is 5.91 Å². The third-order valence-corrected chi connectivity index (χ3v) is 4.44. The second-order valence-electron chi connectivity index (χ2n) is 5.90. The molecule has 3 rings (SSSR count). The number of methoxy groups -OCH3 is 1. The van der Waals surface area contributed by atoms with Gasteiger partial charge < -0.3 is 9.64 Å². The van der Waals surface area contributed by atoms with Crippen molar-refractivity contribution < 1.29 is 9.53 Å². The third-order valence-electron chi connectivity index (χ3n) is 4.09. The molecule has 2 aromatic carbocycles. The summed E-state index contributed by atoms with van der Waals surface area (Å²) in [7, 11) is 1.65. The Labute approximate surface area is 147 Å². The monoisotopic (exact) mass is 341 g/mol. The molecule has 1 fully saturated rings. The molecule has 0 aromatic heterocycles. The topological polar surface area (TPSA) is 29.5 Å². The summed E-state index contributed by atoms with van der Waals surface area (Å²) >= 11 is 6.13. The molecule has 0 radical (unpaired) electrons. The van der Waals surface area contributed by atoms with Crippen molar-refractivity contribution in [1.82, 2.24) is 4.90 Å². The standard InChI is InChI=1S/C20H20ClNO2/c1-24-18-11-6-15(7-12-18)14-22(17-9-10-17)20(23)13-8-16-4-2-3-5-19(16)21/h2-8,11-13,17H,9-10,14H2,1H3/b13-8+. The summed E-state index contributed by atoms with van der Waals surface area (Å²) in [5, 5.41) is 0.648. The van der Waals surface area contributed by atoms with Gasteiger partial charge in [0, 0.05) is 23.7 Å². The molecule has 2 aromatic rings. The lowest BCUT2D eigenvalue weighted by Crippen LogP contribution is -2.31. The minimum atomic E-state index is 0.0215. The number of rotatable bonds is 6. The van der Waals surface area contributed by atoms with Crippen LogP contribution in [0.2, 0.25) is 5.02 Å². The molecule has 1 amide bonds. The third kappa shape index (κ3) is 4.18. The van der Waals surface area contributed by atoms with E-state index >= 15 is 0 Å². The zero-order valence-electron chi connectivity index (χ0n) is 13.6. The Morgan fingerprint density at radius 1 is 1.21 bits per heavy atom. The second-order valence-corrected chi connectivity index (χ2v) is 6.31. The molecule has 0 N–H and O–H groups in total. The van der Waals surface area contributed by atoms with Crippen molar-refractivity contribution in [3.05, 3.63) is 70.8 Å². The quantitative estimate of drug-likeness (QED) is 0.721. The molecular weight excluding hydrogens is 322 g/mol. The number of nitrogens with zero attached hydrogens (tertiary/aromatic N) is 1. The van der Waals surface area contributed by atoms with Gasteiger partial charge in [-0.1, -0.05) is 41.9 Å². The van der Waals surface area contributed by atoms with E-state index in [1.54, 1.807) is 19.3 Å². The van der Waals surface area contributed by atoms with Gasteiger partial charge in [0.05, 0.1) is 7.11 Å². The molecule has 1 saturated carbocycles. The Hall–Kier alpha value is -2.26. The molecule has 3 nitrogen and oxygen atoms in total. The van der Waals surface area contributed by atoms with Crippen LogP contribution in [0.3, 0.4) is 0 Å². The van der Waals surface area contributed by atoms with Crippen LogP contribution in [0, 0.1) is 0 Å². The van der Waals surface area contributed by atoms with Gasteiger partial charge in [-0.05, 0) is 48.2 Å². The van der Waals surface area contributed by atoms with Crippen molar-refractivity contribution in [2.75, 3.05) is 7.11 Å². The van der Waals surface area contributed by atoms with E-state index in [2.05, 4.69) is 0 Å². The van der Waals surface area contributed by atoms with Gasteiger partial charge in [0.25, 0.3) is 0 Å². The molecule has 24 heavy (non-hydrogen) atoms. The number of hydrogen-bond acceptors (Lipinski definition) is 2. The lowest BCUT2D eigenvalue weighted by Gasteiger charge is -2.21. The molecule has 0 heterocycles. The summed E-state index contributed by atoms with van der Waals surface area (Å²) in [6.45, 7) is 0.611. The largest absolute Gasteiger partial charge is 0.497 e. The highest BCUT2D eigenvalue weighted by atomic mass is 35.5. The Bertz CT molecular complexity index is 736. The summed E-state index contributed by atoms with van der Waals surface area (Å²) in [5.74, 6) is 0.843. The number of carbonyl (C=O) groups excluding carboxylic acids is 1. The number of ether oxygens (including phenoxy) is 1. The molecule has 0 spiro atoms. The highest BCUT2D eigenvalue weighted by Gasteiger charge is 2.31. The van der Waals surface area contributed by atoms with Crippen LogP contribution in [0.5, 0.6) is 5.75 Å². The van der Waals surface area contributed by atoms with Gasteiger partial charge >= 0.3 is 0 Å². The average Bonchev–Trinajstić information content (AvgIpc) is 3.44. The molecule has 0 aliphatic heterocycles. The molecule has 124 valence electrons. The highest BCUT2D eigenvalue weighted by molar-refractivity contribution is 6.32. The van der Waals surface area contributed by atoms with Crippen molar-refractivity contribution in [3.8, 4) is 5.75 Å². The Balaban J connectivity index is 1.70. The first-order valence-corrected chi connectivity index (χ1v) is 8.41. The first kappa shape index (κ1) is 16.6. The van der Waals surface area contributed by atoms with Crippen LogP contribution < -0.4 is 4.74 Å². The molecule has 0 unspecified atom stereocenters. The first-order valence-electron chi connectivity index (χ1n) is 8.03. The summed E-state index contributed by atoms with van der Waals surface area (Å²) < 4.78 is 5.18. The lowest BCUT2D eigenvalue weighted by molar-refractivity contribution is -0.127. The van der Waals surface area contributed by atoms with Crippen LogP contribution in [0.4, 0.5) is 0 Å². The fourth-order valence-electron chi connectivity index (χ4n) is 2.57. The maximum absolute atomic E-state index is 12.6. The van der Waals surface area contributed by atoms with Crippen LogP contribution in [0.25, 0.3) is 6.08 Å². The van der Waals surface area contributed by atoms with Crippen LogP contribution in [-0.4, -0.2) is 24.0 Å². The maximum Gasteiger partial charge on any atom is 0.247 e. The van der Waals surface area contributed by atoms with E-state index in [1.807, 2.05) is 53.4 Å². The fraction of sp³-hybridized carbons (Fsp3) is 0.250. The van der Waals surface area contributed by atoms with Crippen molar-refractivity contribution in [2.45, 2.75) is 25.4 Å². The van der Waals surface area contributed by atoms with Crippen molar-refractivity contribution >= 4 is 23.6 Å². The van der Waals surface area contributed by atoms with E-state index in [1.165, 1.54) is 0 Å². The number of hydrogen-bond donors (Lipinski definition) is 0. The summed E-state index contributed by atoms with van der Waals surface area (Å²) in [6.07, 6.45) is 5.54. The first-order chi connectivity index (χ1) is 11.7. The zero-order chi connectivity index (χ0) is 16.9. The lowest BCUT2D eigenvalue weighted by atomic mass is 10.2. The normalized spacial score (nSPS) is 13.9. The Morgan fingerprint density at radius 2 is 1.92 bits per heavy atom. The maximum atomic E-state index is 12.6.